The topological polar surface area (TPSA) is 35.5 Å². The van der Waals surface area contributed by atoms with E-state index in [2.05, 4.69) is 0 Å². The normalized spacial score (nSPS) is 30.5. The van der Waals surface area contributed by atoms with E-state index < -0.39 is 11.8 Å². The Kier molecular flexibility index (Phi) is 3.26. The van der Waals surface area contributed by atoms with Crippen LogP contribution in [0.25, 0.3) is 0 Å². The molecule has 3 nitrogen and oxygen atoms in total. The molecule has 2 fully saturated rings. The average Bonchev–Trinajstić information content (AvgIpc) is 2.86. The van der Waals surface area contributed by atoms with Crippen LogP contribution in [0.15, 0.2) is 18.2 Å². The lowest BCUT2D eigenvalue weighted by molar-refractivity contribution is -0.183. The molecule has 1 aliphatic heterocycles. The maximum absolute atomic E-state index is 13.8. The van der Waals surface area contributed by atoms with Crippen LogP contribution in [0.5, 0.6) is 0 Å². The largest absolute Gasteiger partial charge is 0.458 e. The second kappa shape index (κ2) is 4.71. The van der Waals surface area contributed by atoms with Crippen LogP contribution in [0.3, 0.4) is 0 Å². The van der Waals surface area contributed by atoms with Gasteiger partial charge in [0.25, 0.3) is 0 Å². The molecule has 0 aromatic heterocycles. The number of halogens is 2. The van der Waals surface area contributed by atoms with Crippen LogP contribution in [-0.4, -0.2) is 24.8 Å². The van der Waals surface area contributed by atoms with Crippen molar-refractivity contribution in [3.63, 3.8) is 0 Å². The third-order valence-electron chi connectivity index (χ3n) is 4.40. The quantitative estimate of drug-likeness (QED) is 0.785. The van der Waals surface area contributed by atoms with Crippen molar-refractivity contribution in [3.8, 4) is 0 Å². The van der Waals surface area contributed by atoms with E-state index in [4.69, 9.17) is 21.1 Å². The van der Waals surface area contributed by atoms with E-state index in [1.54, 1.807) is 0 Å². The summed E-state index contributed by atoms with van der Waals surface area (Å²) in [4.78, 5) is 12.1. The Labute approximate surface area is 122 Å². The Morgan fingerprint density at radius 2 is 2.25 bits per heavy atom. The number of carbonyl (C=O) groups is 1. The van der Waals surface area contributed by atoms with Gasteiger partial charge in [-0.2, -0.15) is 0 Å². The first-order chi connectivity index (χ1) is 9.43. The predicted molar refractivity (Wildman–Crippen MR) is 72.2 cm³/mol. The molecule has 1 heterocycles. The molecule has 0 spiro atoms. The van der Waals surface area contributed by atoms with E-state index in [1.807, 2.05) is 13.8 Å². The van der Waals surface area contributed by atoms with Gasteiger partial charge in [-0.1, -0.05) is 31.5 Å². The van der Waals surface area contributed by atoms with Gasteiger partial charge in [-0.05, 0) is 18.6 Å². The predicted octanol–water partition coefficient (Wildman–Crippen LogP) is 3.45. The fourth-order valence-corrected chi connectivity index (χ4v) is 3.53. The fraction of sp³-hybridized carbons (Fsp3) is 0.533. The molecule has 2 aliphatic rings. The Hall–Kier alpha value is -1.13. The van der Waals surface area contributed by atoms with Crippen LogP contribution < -0.4 is 0 Å². The smallest absolute Gasteiger partial charge is 0.341 e. The van der Waals surface area contributed by atoms with E-state index in [0.717, 1.165) is 6.42 Å². The number of benzene rings is 1. The molecule has 1 saturated carbocycles. The second-order valence-electron chi connectivity index (χ2n) is 5.99. The minimum absolute atomic E-state index is 0.0746. The number of carbonyl (C=O) groups excluding carboxylic acids is 1. The molecule has 0 N–H and O–H groups in total. The standard InChI is InChI=1S/C15H16ClFO3/c1-15(2)12-9(6-7-19-12)13(15)20-14(18)8-4-3-5-10(16)11(8)17/h3-5,9,12-13H,6-7H2,1-2H3/t9-,12-,13-/m1/s1. The van der Waals surface area contributed by atoms with E-state index in [1.165, 1.54) is 18.2 Å². The maximum atomic E-state index is 13.8. The zero-order chi connectivity index (χ0) is 14.5. The summed E-state index contributed by atoms with van der Waals surface area (Å²) in [5.74, 6) is -1.17. The van der Waals surface area contributed by atoms with Gasteiger partial charge in [-0.25, -0.2) is 9.18 Å². The minimum Gasteiger partial charge on any atom is -0.458 e. The molecular weight excluding hydrogens is 283 g/mol. The summed E-state index contributed by atoms with van der Waals surface area (Å²) in [5.41, 5.74) is -0.345. The molecule has 0 amide bonds. The van der Waals surface area contributed by atoms with E-state index in [-0.39, 0.29) is 34.1 Å². The third-order valence-corrected chi connectivity index (χ3v) is 4.69. The summed E-state index contributed by atoms with van der Waals surface area (Å²) in [5, 5.41) is -0.0746. The van der Waals surface area contributed by atoms with Gasteiger partial charge in [0, 0.05) is 17.9 Å². The average molecular weight is 299 g/mol. The van der Waals surface area contributed by atoms with Crippen molar-refractivity contribution in [3.05, 3.63) is 34.6 Å². The number of hydrogen-bond acceptors (Lipinski definition) is 3. The molecule has 20 heavy (non-hydrogen) atoms. The number of rotatable bonds is 2. The van der Waals surface area contributed by atoms with Gasteiger partial charge >= 0.3 is 5.97 Å². The molecule has 0 bridgehead atoms. The summed E-state index contributed by atoms with van der Waals surface area (Å²) in [6, 6.07) is 4.33. The lowest BCUT2D eigenvalue weighted by atomic mass is 9.59. The van der Waals surface area contributed by atoms with Crippen molar-refractivity contribution in [1.29, 1.82) is 0 Å². The monoisotopic (exact) mass is 298 g/mol. The number of fused-ring (bicyclic) bond motifs is 1. The van der Waals surface area contributed by atoms with Crippen LogP contribution in [0, 0.1) is 17.2 Å². The van der Waals surface area contributed by atoms with Crippen molar-refractivity contribution >= 4 is 17.6 Å². The van der Waals surface area contributed by atoms with Gasteiger partial charge in [0.05, 0.1) is 16.7 Å². The lowest BCUT2D eigenvalue weighted by Crippen LogP contribution is -2.61. The first-order valence-electron chi connectivity index (χ1n) is 6.69. The second-order valence-corrected chi connectivity index (χ2v) is 6.40. The molecular formula is C15H16ClFO3. The van der Waals surface area contributed by atoms with Crippen molar-refractivity contribution in [2.24, 2.45) is 11.3 Å². The summed E-state index contributed by atoms with van der Waals surface area (Å²) < 4.78 is 25.0. The SMILES string of the molecule is CC1(C)[C@@H]2OCC[C@H]2[C@H]1OC(=O)c1cccc(Cl)c1F. The minimum atomic E-state index is -0.726. The van der Waals surface area contributed by atoms with Gasteiger partial charge in [-0.15, -0.1) is 0 Å². The molecule has 1 aromatic rings. The summed E-state index contributed by atoms with van der Waals surface area (Å²) in [7, 11) is 0. The molecule has 0 unspecified atom stereocenters. The van der Waals surface area contributed by atoms with Gasteiger partial charge in [0.2, 0.25) is 0 Å². The summed E-state index contributed by atoms with van der Waals surface area (Å²) in [6.07, 6.45) is 0.773. The zero-order valence-electron chi connectivity index (χ0n) is 11.4. The molecule has 0 radical (unpaired) electrons. The Balaban J connectivity index is 1.78. The molecule has 1 saturated heterocycles. The molecule has 5 heteroatoms. The first kappa shape index (κ1) is 13.8. The Morgan fingerprint density at radius 3 is 3.00 bits per heavy atom. The van der Waals surface area contributed by atoms with Crippen LogP contribution in [0.2, 0.25) is 5.02 Å². The molecule has 108 valence electrons. The van der Waals surface area contributed by atoms with Gasteiger partial charge in [0.15, 0.2) is 5.82 Å². The Morgan fingerprint density at radius 1 is 1.50 bits per heavy atom. The van der Waals surface area contributed by atoms with E-state index in [0.29, 0.717) is 6.61 Å². The number of esters is 1. The highest BCUT2D eigenvalue weighted by Gasteiger charge is 2.61. The van der Waals surface area contributed by atoms with Gasteiger partial charge in [0.1, 0.15) is 6.10 Å². The number of ether oxygens (including phenoxy) is 2. The third kappa shape index (κ3) is 1.93. The molecule has 3 rings (SSSR count). The van der Waals surface area contributed by atoms with Crippen LogP contribution in [0.1, 0.15) is 30.6 Å². The first-order valence-corrected chi connectivity index (χ1v) is 7.07. The highest BCUT2D eigenvalue weighted by atomic mass is 35.5. The highest BCUT2D eigenvalue weighted by Crippen LogP contribution is 2.53. The molecule has 1 aliphatic carbocycles. The fourth-order valence-electron chi connectivity index (χ4n) is 3.36. The summed E-state index contributed by atoms with van der Waals surface area (Å²) in [6.45, 7) is 4.70. The van der Waals surface area contributed by atoms with E-state index in [9.17, 15) is 9.18 Å². The van der Waals surface area contributed by atoms with Crippen molar-refractivity contribution in [2.45, 2.75) is 32.5 Å². The zero-order valence-corrected chi connectivity index (χ0v) is 12.1. The summed E-state index contributed by atoms with van der Waals surface area (Å²) >= 11 is 5.68. The molecule has 3 atom stereocenters. The molecule has 1 aromatic carbocycles. The maximum Gasteiger partial charge on any atom is 0.341 e. The van der Waals surface area contributed by atoms with Crippen molar-refractivity contribution < 1.29 is 18.7 Å². The van der Waals surface area contributed by atoms with Crippen LogP contribution in [-0.2, 0) is 9.47 Å². The van der Waals surface area contributed by atoms with E-state index >= 15 is 0 Å². The van der Waals surface area contributed by atoms with Gasteiger partial charge < -0.3 is 9.47 Å². The van der Waals surface area contributed by atoms with Crippen LogP contribution >= 0.6 is 11.6 Å². The van der Waals surface area contributed by atoms with Gasteiger partial charge in [-0.3, -0.25) is 0 Å². The van der Waals surface area contributed by atoms with Crippen molar-refractivity contribution in [1.82, 2.24) is 0 Å². The highest BCUT2D eigenvalue weighted by molar-refractivity contribution is 6.31. The number of hydrogen-bond donors (Lipinski definition) is 0. The Bertz CT molecular complexity index is 558. The van der Waals surface area contributed by atoms with Crippen molar-refractivity contribution in [2.75, 3.05) is 6.61 Å². The lowest BCUT2D eigenvalue weighted by Gasteiger charge is -2.53. The van der Waals surface area contributed by atoms with Crippen LogP contribution in [0.4, 0.5) is 4.39 Å².